The first-order chi connectivity index (χ1) is 10.9. The maximum atomic E-state index is 12.3. The normalized spacial score (nSPS) is 11.8. The van der Waals surface area contributed by atoms with Crippen LogP contribution in [0.25, 0.3) is 10.8 Å². The summed E-state index contributed by atoms with van der Waals surface area (Å²) in [6.07, 6.45) is 0.0134. The molecule has 2 aromatic rings. The lowest BCUT2D eigenvalue weighted by Gasteiger charge is -2.09. The number of hydrogen-bond acceptors (Lipinski definition) is 4. The van der Waals surface area contributed by atoms with E-state index in [0.29, 0.717) is 12.5 Å². The standard InChI is InChI=1S/C17H21NO4S/c1-13(2)12-22-10-9-17(19)18-23(20,21)16-8-7-14-5-3-4-6-15(14)11-16/h3-8,11,13H,9-10,12H2,1-2H3,(H,18,19). The summed E-state index contributed by atoms with van der Waals surface area (Å²) < 4.78 is 31.9. The number of nitrogens with one attached hydrogen (secondary N) is 1. The predicted octanol–water partition coefficient (Wildman–Crippen LogP) is 2.71. The first-order valence-electron chi connectivity index (χ1n) is 7.50. The van der Waals surface area contributed by atoms with Crippen molar-refractivity contribution in [1.29, 1.82) is 0 Å². The number of benzene rings is 2. The van der Waals surface area contributed by atoms with E-state index in [1.54, 1.807) is 12.1 Å². The molecule has 0 bridgehead atoms. The van der Waals surface area contributed by atoms with Crippen LogP contribution in [0.15, 0.2) is 47.4 Å². The van der Waals surface area contributed by atoms with E-state index in [1.807, 2.05) is 38.1 Å². The molecule has 2 aromatic carbocycles. The fourth-order valence-corrected chi connectivity index (χ4v) is 3.13. The Kier molecular flexibility index (Phi) is 5.74. The molecule has 0 aliphatic rings. The van der Waals surface area contributed by atoms with Crippen molar-refractivity contribution in [1.82, 2.24) is 4.72 Å². The van der Waals surface area contributed by atoms with Gasteiger partial charge in [0.15, 0.2) is 0 Å². The molecule has 0 heterocycles. The fourth-order valence-electron chi connectivity index (χ4n) is 2.08. The summed E-state index contributed by atoms with van der Waals surface area (Å²) in [6, 6.07) is 12.2. The van der Waals surface area contributed by atoms with Gasteiger partial charge in [0.1, 0.15) is 0 Å². The highest BCUT2D eigenvalue weighted by molar-refractivity contribution is 7.90. The van der Waals surface area contributed by atoms with Crippen LogP contribution < -0.4 is 4.72 Å². The third kappa shape index (κ3) is 5.04. The lowest BCUT2D eigenvalue weighted by atomic mass is 10.1. The molecule has 2 rings (SSSR count). The van der Waals surface area contributed by atoms with Gasteiger partial charge < -0.3 is 4.74 Å². The van der Waals surface area contributed by atoms with Crippen molar-refractivity contribution in [2.75, 3.05) is 13.2 Å². The van der Waals surface area contributed by atoms with E-state index in [0.717, 1.165) is 10.8 Å². The largest absolute Gasteiger partial charge is 0.381 e. The average Bonchev–Trinajstić information content (AvgIpc) is 2.50. The van der Waals surface area contributed by atoms with Gasteiger partial charge in [-0.2, -0.15) is 0 Å². The summed E-state index contributed by atoms with van der Waals surface area (Å²) >= 11 is 0. The number of fused-ring (bicyclic) bond motifs is 1. The maximum absolute atomic E-state index is 12.3. The van der Waals surface area contributed by atoms with Gasteiger partial charge in [-0.1, -0.05) is 44.2 Å². The van der Waals surface area contributed by atoms with Gasteiger partial charge >= 0.3 is 0 Å². The van der Waals surface area contributed by atoms with Crippen molar-refractivity contribution in [2.45, 2.75) is 25.2 Å². The summed E-state index contributed by atoms with van der Waals surface area (Å²) in [5.41, 5.74) is 0. The molecular formula is C17H21NO4S. The van der Waals surface area contributed by atoms with Gasteiger partial charge in [-0.05, 0) is 28.8 Å². The lowest BCUT2D eigenvalue weighted by molar-refractivity contribution is -0.120. The van der Waals surface area contributed by atoms with Gasteiger partial charge in [-0.15, -0.1) is 0 Å². The van der Waals surface area contributed by atoms with Crippen molar-refractivity contribution in [3.63, 3.8) is 0 Å². The van der Waals surface area contributed by atoms with Crippen LogP contribution in [0.4, 0.5) is 0 Å². The second kappa shape index (κ2) is 7.57. The van der Waals surface area contributed by atoms with Crippen LogP contribution in [0.5, 0.6) is 0 Å². The Morgan fingerprint density at radius 1 is 1.13 bits per heavy atom. The lowest BCUT2D eigenvalue weighted by Crippen LogP contribution is -2.31. The van der Waals surface area contributed by atoms with Crippen molar-refractivity contribution in [2.24, 2.45) is 5.92 Å². The van der Waals surface area contributed by atoms with E-state index in [4.69, 9.17) is 4.74 Å². The quantitative estimate of drug-likeness (QED) is 0.790. The SMILES string of the molecule is CC(C)COCCC(=O)NS(=O)(=O)c1ccc2ccccc2c1. The first-order valence-corrected chi connectivity index (χ1v) is 8.99. The zero-order valence-electron chi connectivity index (χ0n) is 13.3. The Hall–Kier alpha value is -1.92. The number of carbonyl (C=O) groups is 1. The summed E-state index contributed by atoms with van der Waals surface area (Å²) in [5.74, 6) is -0.193. The van der Waals surface area contributed by atoms with E-state index >= 15 is 0 Å². The number of ether oxygens (including phenoxy) is 1. The zero-order valence-corrected chi connectivity index (χ0v) is 14.1. The fraction of sp³-hybridized carbons (Fsp3) is 0.353. The van der Waals surface area contributed by atoms with Gasteiger partial charge in [-0.25, -0.2) is 13.1 Å². The third-order valence-corrected chi connectivity index (χ3v) is 4.58. The third-order valence-electron chi connectivity index (χ3n) is 3.20. The summed E-state index contributed by atoms with van der Waals surface area (Å²) in [5, 5.41) is 1.75. The maximum Gasteiger partial charge on any atom is 0.264 e. The summed E-state index contributed by atoms with van der Waals surface area (Å²) in [7, 11) is -3.86. The van der Waals surface area contributed by atoms with Crippen LogP contribution in [0.1, 0.15) is 20.3 Å². The molecular weight excluding hydrogens is 314 g/mol. The molecule has 23 heavy (non-hydrogen) atoms. The summed E-state index contributed by atoms with van der Waals surface area (Å²) in [6.45, 7) is 4.76. The second-order valence-electron chi connectivity index (χ2n) is 5.76. The minimum atomic E-state index is -3.86. The van der Waals surface area contributed by atoms with Gasteiger partial charge in [-0.3, -0.25) is 4.79 Å². The molecule has 0 radical (unpaired) electrons. The summed E-state index contributed by atoms with van der Waals surface area (Å²) in [4.78, 5) is 11.8. The molecule has 0 spiro atoms. The van der Waals surface area contributed by atoms with Crippen molar-refractivity contribution < 1.29 is 17.9 Å². The smallest absolute Gasteiger partial charge is 0.264 e. The molecule has 0 aliphatic carbocycles. The Morgan fingerprint density at radius 2 is 1.83 bits per heavy atom. The van der Waals surface area contributed by atoms with Gasteiger partial charge in [0.05, 0.1) is 17.9 Å². The minimum Gasteiger partial charge on any atom is -0.381 e. The Morgan fingerprint density at radius 3 is 2.52 bits per heavy atom. The number of rotatable bonds is 7. The molecule has 124 valence electrons. The molecule has 0 saturated heterocycles. The van der Waals surface area contributed by atoms with E-state index in [9.17, 15) is 13.2 Å². The molecule has 5 nitrogen and oxygen atoms in total. The van der Waals surface area contributed by atoms with E-state index < -0.39 is 15.9 Å². The predicted molar refractivity (Wildman–Crippen MR) is 89.6 cm³/mol. The van der Waals surface area contributed by atoms with Crippen LogP contribution in [-0.4, -0.2) is 27.5 Å². The van der Waals surface area contributed by atoms with Crippen LogP contribution >= 0.6 is 0 Å². The molecule has 1 amide bonds. The Labute approximate surface area is 136 Å². The first kappa shape index (κ1) is 17.4. The minimum absolute atomic E-state index is 0.0134. The average molecular weight is 335 g/mol. The van der Waals surface area contributed by atoms with Crippen molar-refractivity contribution in [3.8, 4) is 0 Å². The number of carbonyl (C=O) groups excluding carboxylic acids is 1. The highest BCUT2D eigenvalue weighted by atomic mass is 32.2. The van der Waals surface area contributed by atoms with Crippen LogP contribution in [0, 0.1) is 5.92 Å². The Balaban J connectivity index is 2.01. The highest BCUT2D eigenvalue weighted by Crippen LogP contribution is 2.18. The van der Waals surface area contributed by atoms with Crippen molar-refractivity contribution >= 4 is 26.7 Å². The monoisotopic (exact) mass is 335 g/mol. The van der Waals surface area contributed by atoms with E-state index in [-0.39, 0.29) is 17.9 Å². The molecule has 0 aliphatic heterocycles. The van der Waals surface area contributed by atoms with Crippen molar-refractivity contribution in [3.05, 3.63) is 42.5 Å². The molecule has 0 fully saturated rings. The molecule has 1 N–H and O–H groups in total. The Bertz CT molecular complexity index is 784. The highest BCUT2D eigenvalue weighted by Gasteiger charge is 2.17. The molecule has 6 heteroatoms. The zero-order chi connectivity index (χ0) is 16.9. The number of hydrogen-bond donors (Lipinski definition) is 1. The topological polar surface area (TPSA) is 72.5 Å². The molecule has 0 atom stereocenters. The number of sulfonamides is 1. The van der Waals surface area contributed by atoms with Gasteiger partial charge in [0.25, 0.3) is 10.0 Å². The van der Waals surface area contributed by atoms with Crippen LogP contribution in [-0.2, 0) is 19.6 Å². The van der Waals surface area contributed by atoms with Crippen LogP contribution in [0.2, 0.25) is 0 Å². The van der Waals surface area contributed by atoms with Gasteiger partial charge in [0, 0.05) is 6.61 Å². The molecule has 0 aromatic heterocycles. The van der Waals surface area contributed by atoms with E-state index in [1.165, 1.54) is 6.07 Å². The van der Waals surface area contributed by atoms with Gasteiger partial charge in [0.2, 0.25) is 5.91 Å². The number of amides is 1. The van der Waals surface area contributed by atoms with Crippen LogP contribution in [0.3, 0.4) is 0 Å². The molecule has 0 unspecified atom stereocenters. The molecule has 0 saturated carbocycles. The van der Waals surface area contributed by atoms with E-state index in [2.05, 4.69) is 4.72 Å². The second-order valence-corrected chi connectivity index (χ2v) is 7.44.